The number of carbonyl (C=O) groups is 1. The van der Waals surface area contributed by atoms with Crippen molar-refractivity contribution in [2.45, 2.75) is 25.3 Å². The molecular formula is C18H19NO2. The normalized spacial score (nSPS) is 18.0. The molecule has 0 N–H and O–H groups in total. The van der Waals surface area contributed by atoms with Gasteiger partial charge in [-0.25, -0.2) is 0 Å². The highest BCUT2D eigenvalue weighted by atomic mass is 16.5. The largest absolute Gasteiger partial charge is 0.497 e. The van der Waals surface area contributed by atoms with Crippen LogP contribution < -0.4 is 9.64 Å². The topological polar surface area (TPSA) is 29.5 Å². The molecule has 0 saturated carbocycles. The van der Waals surface area contributed by atoms with Gasteiger partial charge in [0.1, 0.15) is 5.75 Å². The molecule has 1 atom stereocenters. The number of rotatable bonds is 4. The fourth-order valence-electron chi connectivity index (χ4n) is 2.92. The van der Waals surface area contributed by atoms with Crippen molar-refractivity contribution in [3.8, 4) is 5.75 Å². The molecule has 1 amide bonds. The molecule has 0 aromatic heterocycles. The van der Waals surface area contributed by atoms with Crippen molar-refractivity contribution >= 4 is 11.6 Å². The fraction of sp³-hybridized carbons (Fsp3) is 0.278. The highest BCUT2D eigenvalue weighted by molar-refractivity contribution is 5.96. The van der Waals surface area contributed by atoms with E-state index in [4.69, 9.17) is 4.74 Å². The number of hydrogen-bond acceptors (Lipinski definition) is 2. The van der Waals surface area contributed by atoms with E-state index in [1.807, 2.05) is 47.4 Å². The van der Waals surface area contributed by atoms with Crippen LogP contribution in [0.4, 0.5) is 5.69 Å². The van der Waals surface area contributed by atoms with E-state index in [1.54, 1.807) is 7.11 Å². The minimum absolute atomic E-state index is 0.209. The lowest BCUT2D eigenvalue weighted by Crippen LogP contribution is -2.34. The van der Waals surface area contributed by atoms with E-state index in [9.17, 15) is 4.79 Å². The molecule has 2 aromatic rings. The fourth-order valence-corrected chi connectivity index (χ4v) is 2.92. The molecule has 2 aromatic carbocycles. The van der Waals surface area contributed by atoms with Gasteiger partial charge in [-0.1, -0.05) is 30.3 Å². The molecule has 108 valence electrons. The monoisotopic (exact) mass is 281 g/mol. The Labute approximate surface area is 125 Å². The van der Waals surface area contributed by atoms with E-state index in [0.29, 0.717) is 6.42 Å². The van der Waals surface area contributed by atoms with Crippen LogP contribution in [0, 0.1) is 0 Å². The van der Waals surface area contributed by atoms with E-state index in [2.05, 4.69) is 12.1 Å². The van der Waals surface area contributed by atoms with Gasteiger partial charge in [-0.15, -0.1) is 0 Å². The van der Waals surface area contributed by atoms with E-state index < -0.39 is 0 Å². The van der Waals surface area contributed by atoms with Gasteiger partial charge in [0.25, 0.3) is 0 Å². The summed E-state index contributed by atoms with van der Waals surface area (Å²) in [6, 6.07) is 18.3. The Morgan fingerprint density at radius 2 is 1.81 bits per heavy atom. The quantitative estimate of drug-likeness (QED) is 0.859. The first-order valence-corrected chi connectivity index (χ1v) is 7.28. The van der Waals surface area contributed by atoms with Gasteiger partial charge in [0.2, 0.25) is 5.91 Å². The van der Waals surface area contributed by atoms with Crippen molar-refractivity contribution in [2.75, 3.05) is 12.0 Å². The number of hydrogen-bond donors (Lipinski definition) is 0. The lowest BCUT2D eigenvalue weighted by molar-refractivity contribution is -0.117. The van der Waals surface area contributed by atoms with Crippen molar-refractivity contribution in [1.82, 2.24) is 0 Å². The maximum atomic E-state index is 12.2. The third-order valence-electron chi connectivity index (χ3n) is 3.99. The van der Waals surface area contributed by atoms with Crippen molar-refractivity contribution in [3.63, 3.8) is 0 Å². The molecule has 1 aliphatic rings. The van der Waals surface area contributed by atoms with Gasteiger partial charge in [-0.2, -0.15) is 0 Å². The first-order valence-electron chi connectivity index (χ1n) is 7.28. The molecule has 0 spiro atoms. The summed E-state index contributed by atoms with van der Waals surface area (Å²) in [5.74, 6) is 1.02. The van der Waals surface area contributed by atoms with Crippen LogP contribution in [-0.4, -0.2) is 19.1 Å². The van der Waals surface area contributed by atoms with Crippen LogP contribution in [0.5, 0.6) is 5.75 Å². The molecule has 1 unspecified atom stereocenters. The number of ether oxygens (including phenoxy) is 1. The minimum Gasteiger partial charge on any atom is -0.497 e. The Balaban J connectivity index is 1.81. The van der Waals surface area contributed by atoms with Gasteiger partial charge in [-0.05, 0) is 42.7 Å². The molecule has 0 bridgehead atoms. The lowest BCUT2D eigenvalue weighted by atomic mass is 10.0. The third-order valence-corrected chi connectivity index (χ3v) is 3.99. The molecule has 0 radical (unpaired) electrons. The van der Waals surface area contributed by atoms with Crippen molar-refractivity contribution in [2.24, 2.45) is 0 Å². The minimum atomic E-state index is 0.209. The average molecular weight is 281 g/mol. The van der Waals surface area contributed by atoms with E-state index >= 15 is 0 Å². The van der Waals surface area contributed by atoms with Gasteiger partial charge in [-0.3, -0.25) is 4.79 Å². The summed E-state index contributed by atoms with van der Waals surface area (Å²) in [6.45, 7) is 0. The Kier molecular flexibility index (Phi) is 3.91. The smallest absolute Gasteiger partial charge is 0.227 e. The Bertz CT molecular complexity index is 607. The molecule has 1 saturated heterocycles. The maximum absolute atomic E-state index is 12.2. The Morgan fingerprint density at radius 1 is 1.10 bits per heavy atom. The third kappa shape index (κ3) is 2.92. The van der Waals surface area contributed by atoms with Crippen LogP contribution in [0.15, 0.2) is 54.6 Å². The van der Waals surface area contributed by atoms with Gasteiger partial charge >= 0.3 is 0 Å². The standard InChI is InChI=1S/C18H19NO2/c1-21-17-10-7-15(8-11-17)19-16(9-12-18(19)20)13-14-5-3-2-4-6-14/h2-8,10-11,16H,9,12-13H2,1H3. The lowest BCUT2D eigenvalue weighted by Gasteiger charge is -2.25. The van der Waals surface area contributed by atoms with Crippen LogP contribution in [0.3, 0.4) is 0 Å². The summed E-state index contributed by atoms with van der Waals surface area (Å²) in [6.07, 6.45) is 2.45. The Hall–Kier alpha value is -2.29. The zero-order valence-electron chi connectivity index (χ0n) is 12.2. The number of carbonyl (C=O) groups excluding carboxylic acids is 1. The first kappa shape index (κ1) is 13.7. The number of benzene rings is 2. The van der Waals surface area contributed by atoms with Crippen LogP contribution in [0.2, 0.25) is 0 Å². The van der Waals surface area contributed by atoms with Crippen LogP contribution in [0.25, 0.3) is 0 Å². The van der Waals surface area contributed by atoms with Gasteiger partial charge in [0.15, 0.2) is 0 Å². The summed E-state index contributed by atoms with van der Waals surface area (Å²) < 4.78 is 5.18. The average Bonchev–Trinajstić information content (AvgIpc) is 2.89. The zero-order valence-corrected chi connectivity index (χ0v) is 12.2. The van der Waals surface area contributed by atoms with Crippen molar-refractivity contribution in [1.29, 1.82) is 0 Å². The predicted molar refractivity (Wildman–Crippen MR) is 83.6 cm³/mol. The highest BCUT2D eigenvalue weighted by Gasteiger charge is 2.31. The number of nitrogens with zero attached hydrogens (tertiary/aromatic N) is 1. The predicted octanol–water partition coefficient (Wildman–Crippen LogP) is 3.43. The van der Waals surface area contributed by atoms with Crippen molar-refractivity contribution < 1.29 is 9.53 Å². The Morgan fingerprint density at radius 3 is 2.48 bits per heavy atom. The number of amides is 1. The first-order chi connectivity index (χ1) is 10.3. The summed E-state index contributed by atoms with van der Waals surface area (Å²) >= 11 is 0. The summed E-state index contributed by atoms with van der Waals surface area (Å²) in [4.78, 5) is 14.2. The van der Waals surface area contributed by atoms with Gasteiger partial charge < -0.3 is 9.64 Å². The zero-order chi connectivity index (χ0) is 14.7. The van der Waals surface area contributed by atoms with Crippen LogP contribution in [-0.2, 0) is 11.2 Å². The molecule has 21 heavy (non-hydrogen) atoms. The molecule has 1 aliphatic heterocycles. The molecular weight excluding hydrogens is 262 g/mol. The van der Waals surface area contributed by atoms with Crippen molar-refractivity contribution in [3.05, 3.63) is 60.2 Å². The molecule has 3 nitrogen and oxygen atoms in total. The number of anilines is 1. The van der Waals surface area contributed by atoms with E-state index in [0.717, 1.165) is 24.3 Å². The maximum Gasteiger partial charge on any atom is 0.227 e. The molecule has 0 aliphatic carbocycles. The summed E-state index contributed by atoms with van der Waals surface area (Å²) in [7, 11) is 1.65. The second kappa shape index (κ2) is 6.00. The number of methoxy groups -OCH3 is 1. The van der Waals surface area contributed by atoms with E-state index in [-0.39, 0.29) is 11.9 Å². The van der Waals surface area contributed by atoms with Gasteiger partial charge in [0.05, 0.1) is 7.11 Å². The van der Waals surface area contributed by atoms with E-state index in [1.165, 1.54) is 5.56 Å². The highest BCUT2D eigenvalue weighted by Crippen LogP contribution is 2.30. The molecule has 1 fully saturated rings. The molecule has 3 rings (SSSR count). The van der Waals surface area contributed by atoms with Gasteiger partial charge in [0, 0.05) is 18.2 Å². The SMILES string of the molecule is COc1ccc(N2C(=O)CCC2Cc2ccccc2)cc1. The van der Waals surface area contributed by atoms with Crippen LogP contribution >= 0.6 is 0 Å². The molecule has 1 heterocycles. The van der Waals surface area contributed by atoms with Crippen LogP contribution in [0.1, 0.15) is 18.4 Å². The second-order valence-electron chi connectivity index (χ2n) is 5.34. The summed E-state index contributed by atoms with van der Waals surface area (Å²) in [5.41, 5.74) is 2.23. The molecule has 3 heteroatoms. The summed E-state index contributed by atoms with van der Waals surface area (Å²) in [5, 5.41) is 0. The second-order valence-corrected chi connectivity index (χ2v) is 5.34.